The minimum absolute atomic E-state index is 0.126. The minimum Gasteiger partial charge on any atom is -0.493 e. The molecule has 19 heavy (non-hydrogen) atoms. The van der Waals surface area contributed by atoms with E-state index in [-0.39, 0.29) is 12.6 Å². The minimum atomic E-state index is 0.126. The van der Waals surface area contributed by atoms with Crippen molar-refractivity contribution >= 4 is 5.69 Å². The first kappa shape index (κ1) is 14.1. The second-order valence-corrected chi connectivity index (χ2v) is 4.72. The molecule has 2 rings (SSSR count). The molecule has 1 aromatic carbocycles. The number of rotatable bonds is 6. The van der Waals surface area contributed by atoms with Crippen LogP contribution in [0, 0.1) is 0 Å². The fourth-order valence-corrected chi connectivity index (χ4v) is 2.21. The van der Waals surface area contributed by atoms with Gasteiger partial charge in [-0.25, -0.2) is 0 Å². The summed E-state index contributed by atoms with van der Waals surface area (Å²) >= 11 is 0. The average molecular weight is 266 g/mol. The van der Waals surface area contributed by atoms with Crippen molar-refractivity contribution in [3.8, 4) is 5.75 Å². The molecule has 5 heteroatoms. The van der Waals surface area contributed by atoms with Gasteiger partial charge in [-0.1, -0.05) is 6.07 Å². The molecule has 1 fully saturated rings. The van der Waals surface area contributed by atoms with Crippen LogP contribution in [0.5, 0.6) is 5.75 Å². The van der Waals surface area contributed by atoms with Crippen molar-refractivity contribution in [2.24, 2.45) is 0 Å². The van der Waals surface area contributed by atoms with Crippen LogP contribution in [0.1, 0.15) is 6.42 Å². The maximum absolute atomic E-state index is 9.26. The van der Waals surface area contributed by atoms with Gasteiger partial charge in [-0.15, -0.1) is 0 Å². The molecule has 3 N–H and O–H groups in total. The van der Waals surface area contributed by atoms with Crippen molar-refractivity contribution in [1.29, 1.82) is 0 Å². The molecule has 0 aliphatic carbocycles. The SMILES string of the molecule is Nc1cccc(OCCCN2CCOCC2CO)c1. The van der Waals surface area contributed by atoms with Crippen LogP contribution in [0.4, 0.5) is 5.69 Å². The number of hydrogen-bond donors (Lipinski definition) is 2. The number of hydrogen-bond acceptors (Lipinski definition) is 5. The predicted molar refractivity (Wildman–Crippen MR) is 74.2 cm³/mol. The zero-order valence-electron chi connectivity index (χ0n) is 11.1. The second kappa shape index (κ2) is 7.33. The molecule has 1 aliphatic rings. The number of nitrogen functional groups attached to an aromatic ring is 1. The van der Waals surface area contributed by atoms with E-state index in [9.17, 15) is 5.11 Å². The van der Waals surface area contributed by atoms with E-state index >= 15 is 0 Å². The summed E-state index contributed by atoms with van der Waals surface area (Å²) in [5.74, 6) is 0.806. The Morgan fingerprint density at radius 3 is 3.16 bits per heavy atom. The highest BCUT2D eigenvalue weighted by Crippen LogP contribution is 2.14. The Labute approximate surface area is 113 Å². The van der Waals surface area contributed by atoms with Crippen LogP contribution in [-0.2, 0) is 4.74 Å². The summed E-state index contributed by atoms with van der Waals surface area (Å²) in [6, 6.07) is 7.58. The van der Waals surface area contributed by atoms with Crippen LogP contribution in [0.3, 0.4) is 0 Å². The van der Waals surface area contributed by atoms with Crippen molar-refractivity contribution in [1.82, 2.24) is 4.90 Å². The third-order valence-electron chi connectivity index (χ3n) is 3.28. The van der Waals surface area contributed by atoms with E-state index in [2.05, 4.69) is 4.90 Å². The highest BCUT2D eigenvalue weighted by molar-refractivity contribution is 5.43. The van der Waals surface area contributed by atoms with Gasteiger partial charge in [-0.05, 0) is 18.6 Å². The van der Waals surface area contributed by atoms with Crippen LogP contribution in [-0.4, -0.2) is 55.6 Å². The van der Waals surface area contributed by atoms with Gasteiger partial charge in [0.25, 0.3) is 0 Å². The summed E-state index contributed by atoms with van der Waals surface area (Å²) < 4.78 is 11.0. The number of aliphatic hydroxyl groups excluding tert-OH is 1. The Kier molecular flexibility index (Phi) is 5.44. The number of nitrogens with zero attached hydrogens (tertiary/aromatic N) is 1. The lowest BCUT2D eigenvalue weighted by molar-refractivity contribution is -0.0287. The first-order valence-corrected chi connectivity index (χ1v) is 6.70. The van der Waals surface area contributed by atoms with Crippen LogP contribution in [0.2, 0.25) is 0 Å². The van der Waals surface area contributed by atoms with E-state index in [0.717, 1.165) is 31.9 Å². The lowest BCUT2D eigenvalue weighted by Gasteiger charge is -2.34. The third-order valence-corrected chi connectivity index (χ3v) is 3.28. The summed E-state index contributed by atoms with van der Waals surface area (Å²) in [6.45, 7) is 3.95. The van der Waals surface area contributed by atoms with Crippen molar-refractivity contribution < 1.29 is 14.6 Å². The van der Waals surface area contributed by atoms with Crippen LogP contribution in [0.25, 0.3) is 0 Å². The monoisotopic (exact) mass is 266 g/mol. The Bertz CT molecular complexity index is 387. The number of ether oxygens (including phenoxy) is 2. The van der Waals surface area contributed by atoms with Crippen molar-refractivity contribution in [3.05, 3.63) is 24.3 Å². The Hall–Kier alpha value is -1.30. The standard InChI is InChI=1S/C14H22N2O3/c15-12-3-1-4-14(9-12)19-7-2-5-16-6-8-18-11-13(16)10-17/h1,3-4,9,13,17H,2,5-8,10-11,15H2. The topological polar surface area (TPSA) is 68.0 Å². The molecule has 0 radical (unpaired) electrons. The molecule has 5 nitrogen and oxygen atoms in total. The fourth-order valence-electron chi connectivity index (χ4n) is 2.21. The first-order chi connectivity index (χ1) is 9.29. The number of morpholine rings is 1. The highest BCUT2D eigenvalue weighted by atomic mass is 16.5. The quantitative estimate of drug-likeness (QED) is 0.587. The number of benzene rings is 1. The van der Waals surface area contributed by atoms with Crippen LogP contribution >= 0.6 is 0 Å². The lowest BCUT2D eigenvalue weighted by atomic mass is 10.2. The Morgan fingerprint density at radius 2 is 2.37 bits per heavy atom. The number of anilines is 1. The molecular weight excluding hydrogens is 244 g/mol. The summed E-state index contributed by atoms with van der Waals surface area (Å²) in [4.78, 5) is 2.26. The van der Waals surface area contributed by atoms with Gasteiger partial charge >= 0.3 is 0 Å². The predicted octanol–water partition coefficient (Wildman–Crippen LogP) is 0.731. The van der Waals surface area contributed by atoms with Crippen molar-refractivity contribution in [2.45, 2.75) is 12.5 Å². The fraction of sp³-hybridized carbons (Fsp3) is 0.571. The molecule has 0 saturated carbocycles. The first-order valence-electron chi connectivity index (χ1n) is 6.70. The van der Waals surface area contributed by atoms with Crippen molar-refractivity contribution in [2.75, 3.05) is 45.3 Å². The molecule has 1 aromatic rings. The van der Waals surface area contributed by atoms with Gasteiger partial charge in [-0.2, -0.15) is 0 Å². The van der Waals surface area contributed by atoms with E-state index in [1.165, 1.54) is 0 Å². The third kappa shape index (κ3) is 4.38. The maximum atomic E-state index is 9.26. The van der Waals surface area contributed by atoms with Gasteiger partial charge in [0, 0.05) is 24.8 Å². The lowest BCUT2D eigenvalue weighted by Crippen LogP contribution is -2.47. The van der Waals surface area contributed by atoms with E-state index in [0.29, 0.717) is 18.9 Å². The van der Waals surface area contributed by atoms with Gasteiger partial charge in [-0.3, -0.25) is 4.90 Å². The van der Waals surface area contributed by atoms with Gasteiger partial charge in [0.05, 0.1) is 32.5 Å². The summed E-state index contributed by atoms with van der Waals surface area (Å²) in [7, 11) is 0. The van der Waals surface area contributed by atoms with Crippen LogP contribution in [0.15, 0.2) is 24.3 Å². The van der Waals surface area contributed by atoms with Gasteiger partial charge in [0.1, 0.15) is 5.75 Å². The molecule has 1 atom stereocenters. The van der Waals surface area contributed by atoms with E-state index < -0.39 is 0 Å². The Balaban J connectivity index is 1.68. The van der Waals surface area contributed by atoms with Gasteiger partial charge < -0.3 is 20.3 Å². The van der Waals surface area contributed by atoms with E-state index in [1.807, 2.05) is 24.3 Å². The highest BCUT2D eigenvalue weighted by Gasteiger charge is 2.21. The summed E-state index contributed by atoms with van der Waals surface area (Å²) in [5.41, 5.74) is 6.40. The molecule has 1 heterocycles. The average Bonchev–Trinajstić information content (AvgIpc) is 2.44. The number of nitrogens with two attached hydrogens (primary N) is 1. The van der Waals surface area contributed by atoms with Gasteiger partial charge in [0.15, 0.2) is 0 Å². The van der Waals surface area contributed by atoms with E-state index in [1.54, 1.807) is 0 Å². The molecule has 0 aromatic heterocycles. The molecule has 0 bridgehead atoms. The zero-order chi connectivity index (χ0) is 13.5. The molecule has 0 spiro atoms. The molecule has 1 aliphatic heterocycles. The zero-order valence-corrected chi connectivity index (χ0v) is 11.1. The Morgan fingerprint density at radius 1 is 1.47 bits per heavy atom. The van der Waals surface area contributed by atoms with Gasteiger partial charge in [0.2, 0.25) is 0 Å². The van der Waals surface area contributed by atoms with E-state index in [4.69, 9.17) is 15.2 Å². The van der Waals surface area contributed by atoms with Crippen LogP contribution < -0.4 is 10.5 Å². The molecule has 0 amide bonds. The number of aliphatic hydroxyl groups is 1. The molecule has 1 unspecified atom stereocenters. The normalized spacial score (nSPS) is 20.4. The second-order valence-electron chi connectivity index (χ2n) is 4.72. The molecule has 106 valence electrons. The largest absolute Gasteiger partial charge is 0.493 e. The summed E-state index contributed by atoms with van der Waals surface area (Å²) in [5, 5.41) is 9.26. The smallest absolute Gasteiger partial charge is 0.121 e. The summed E-state index contributed by atoms with van der Waals surface area (Å²) in [6.07, 6.45) is 0.922. The molecular formula is C14H22N2O3. The maximum Gasteiger partial charge on any atom is 0.121 e. The molecule has 1 saturated heterocycles. The van der Waals surface area contributed by atoms with Crippen molar-refractivity contribution in [3.63, 3.8) is 0 Å².